The number of amides is 2. The van der Waals surface area contributed by atoms with Crippen LogP contribution in [0.25, 0.3) is 0 Å². The Morgan fingerprint density at radius 2 is 2.30 bits per heavy atom. The summed E-state index contributed by atoms with van der Waals surface area (Å²) in [6.07, 6.45) is 15.3. The number of piperidine rings is 1. The molecule has 2 heterocycles. The molecule has 1 saturated heterocycles. The van der Waals surface area contributed by atoms with Crippen molar-refractivity contribution in [2.45, 2.75) is 52.0 Å². The minimum atomic E-state index is 0.112. The first-order chi connectivity index (χ1) is 11.2. The van der Waals surface area contributed by atoms with Gasteiger partial charge in [-0.25, -0.2) is 9.78 Å². The van der Waals surface area contributed by atoms with E-state index in [4.69, 9.17) is 0 Å². The lowest BCUT2D eigenvalue weighted by Gasteiger charge is -2.43. The molecule has 1 fully saturated rings. The van der Waals surface area contributed by atoms with Crippen molar-refractivity contribution in [1.29, 1.82) is 0 Å². The van der Waals surface area contributed by atoms with E-state index >= 15 is 0 Å². The highest BCUT2D eigenvalue weighted by atomic mass is 16.2. The Morgan fingerprint density at radius 1 is 1.39 bits per heavy atom. The number of aryl methyl sites for hydroxylation is 2. The number of carbonyl (C=O) groups is 1. The fourth-order valence-corrected chi connectivity index (χ4v) is 3.89. The number of imidazole rings is 1. The van der Waals surface area contributed by atoms with Crippen LogP contribution >= 0.6 is 0 Å². The number of urea groups is 1. The number of hydrogen-bond donors (Lipinski definition) is 1. The molecule has 0 radical (unpaired) electrons. The minimum absolute atomic E-state index is 0.112. The molecule has 0 aromatic carbocycles. The number of nitrogens with one attached hydrogen (secondary N) is 1. The van der Waals surface area contributed by atoms with Crippen molar-refractivity contribution < 1.29 is 4.79 Å². The second kappa shape index (κ2) is 7.20. The quantitative estimate of drug-likeness (QED) is 0.685. The molecule has 5 nitrogen and oxygen atoms in total. The normalized spacial score (nSPS) is 24.1. The van der Waals surface area contributed by atoms with E-state index in [1.807, 2.05) is 24.2 Å². The summed E-state index contributed by atoms with van der Waals surface area (Å²) >= 11 is 0. The van der Waals surface area contributed by atoms with E-state index in [0.29, 0.717) is 5.41 Å². The number of rotatable bonds is 4. The van der Waals surface area contributed by atoms with Gasteiger partial charge in [0.05, 0.1) is 0 Å². The van der Waals surface area contributed by atoms with Crippen molar-refractivity contribution in [2.75, 3.05) is 19.6 Å². The van der Waals surface area contributed by atoms with Gasteiger partial charge >= 0.3 is 6.03 Å². The van der Waals surface area contributed by atoms with E-state index in [9.17, 15) is 4.79 Å². The first-order valence-electron chi connectivity index (χ1n) is 8.84. The Hall–Kier alpha value is -1.78. The minimum Gasteiger partial charge on any atom is -0.338 e. The van der Waals surface area contributed by atoms with Crippen molar-refractivity contribution in [3.8, 4) is 0 Å². The molecule has 1 aromatic rings. The van der Waals surface area contributed by atoms with E-state index in [2.05, 4.69) is 27.0 Å². The van der Waals surface area contributed by atoms with Crippen LogP contribution < -0.4 is 5.32 Å². The summed E-state index contributed by atoms with van der Waals surface area (Å²) in [6.45, 7) is 5.45. The van der Waals surface area contributed by atoms with E-state index in [1.165, 1.54) is 19.3 Å². The van der Waals surface area contributed by atoms with Crippen LogP contribution in [-0.2, 0) is 6.54 Å². The molecule has 126 valence electrons. The topological polar surface area (TPSA) is 50.2 Å². The molecule has 3 rings (SSSR count). The lowest BCUT2D eigenvalue weighted by molar-refractivity contribution is 0.0960. The molecule has 1 spiro atoms. The first kappa shape index (κ1) is 16.1. The van der Waals surface area contributed by atoms with Crippen LogP contribution in [0.4, 0.5) is 4.79 Å². The third-order valence-electron chi connectivity index (χ3n) is 5.28. The van der Waals surface area contributed by atoms with Crippen LogP contribution in [0, 0.1) is 12.3 Å². The third kappa shape index (κ3) is 3.95. The number of nitrogens with zero attached hydrogens (tertiary/aromatic N) is 3. The third-order valence-corrected chi connectivity index (χ3v) is 5.28. The summed E-state index contributed by atoms with van der Waals surface area (Å²) in [5.41, 5.74) is 0.345. The van der Waals surface area contributed by atoms with Gasteiger partial charge in [-0.3, -0.25) is 0 Å². The largest absolute Gasteiger partial charge is 0.338 e. The number of aromatic nitrogens is 2. The van der Waals surface area contributed by atoms with Crippen LogP contribution in [0.1, 0.15) is 44.3 Å². The van der Waals surface area contributed by atoms with Gasteiger partial charge in [0.2, 0.25) is 0 Å². The summed E-state index contributed by atoms with van der Waals surface area (Å²) < 4.78 is 2.12. The average molecular weight is 316 g/mol. The van der Waals surface area contributed by atoms with Gasteiger partial charge in [0.25, 0.3) is 0 Å². The molecule has 1 unspecified atom stereocenters. The SMILES string of the molecule is Cc1nccn1CCCNC(=O)N1CCCC2(CC=CCC2)C1. The highest BCUT2D eigenvalue weighted by Gasteiger charge is 2.36. The van der Waals surface area contributed by atoms with Crippen molar-refractivity contribution >= 4 is 6.03 Å². The molecule has 1 aromatic heterocycles. The standard InChI is InChI=1S/C18H28N4O/c1-16-19-11-14-21(16)13-6-10-20-17(23)22-12-5-9-18(15-22)7-3-2-4-8-18/h2-3,11,14H,4-10,12-13,15H2,1H3,(H,20,23). The number of hydrogen-bond acceptors (Lipinski definition) is 2. The lowest BCUT2D eigenvalue weighted by atomic mass is 9.71. The van der Waals surface area contributed by atoms with E-state index < -0.39 is 0 Å². The summed E-state index contributed by atoms with van der Waals surface area (Å²) in [4.78, 5) is 18.7. The van der Waals surface area contributed by atoms with Gasteiger partial charge in [0.15, 0.2) is 0 Å². The molecule has 1 atom stereocenters. The zero-order valence-electron chi connectivity index (χ0n) is 14.1. The monoisotopic (exact) mass is 316 g/mol. The summed E-state index contributed by atoms with van der Waals surface area (Å²) in [7, 11) is 0. The van der Waals surface area contributed by atoms with Gasteiger partial charge < -0.3 is 14.8 Å². The predicted molar refractivity (Wildman–Crippen MR) is 91.2 cm³/mol. The Balaban J connectivity index is 1.43. The highest BCUT2D eigenvalue weighted by molar-refractivity contribution is 5.74. The van der Waals surface area contributed by atoms with Crippen molar-refractivity contribution in [2.24, 2.45) is 5.41 Å². The zero-order chi connectivity index (χ0) is 16.1. The van der Waals surface area contributed by atoms with Gasteiger partial charge in [-0.05, 0) is 50.9 Å². The van der Waals surface area contributed by atoms with Crippen molar-refractivity contribution in [3.05, 3.63) is 30.4 Å². The number of carbonyl (C=O) groups excluding carboxylic acids is 1. The smallest absolute Gasteiger partial charge is 0.317 e. The Bertz CT molecular complexity index is 565. The maximum Gasteiger partial charge on any atom is 0.317 e. The second-order valence-electron chi connectivity index (χ2n) is 6.99. The maximum absolute atomic E-state index is 12.4. The van der Waals surface area contributed by atoms with Gasteiger partial charge in [0.1, 0.15) is 5.82 Å². The second-order valence-corrected chi connectivity index (χ2v) is 6.99. The van der Waals surface area contributed by atoms with Gasteiger partial charge in [-0.15, -0.1) is 0 Å². The summed E-state index contributed by atoms with van der Waals surface area (Å²) in [5.74, 6) is 1.03. The highest BCUT2D eigenvalue weighted by Crippen LogP contribution is 2.40. The first-order valence-corrected chi connectivity index (χ1v) is 8.84. The molecule has 5 heteroatoms. The summed E-state index contributed by atoms with van der Waals surface area (Å²) in [6, 6.07) is 0.112. The predicted octanol–water partition coefficient (Wildman–Crippen LogP) is 3.11. The Kier molecular flexibility index (Phi) is 5.03. The molecule has 0 saturated carbocycles. The average Bonchev–Trinajstić information content (AvgIpc) is 2.97. The lowest BCUT2D eigenvalue weighted by Crippen LogP contribution is -2.50. The number of allylic oxidation sites excluding steroid dienone is 2. The van der Waals surface area contributed by atoms with E-state index in [-0.39, 0.29) is 6.03 Å². The maximum atomic E-state index is 12.4. The van der Waals surface area contributed by atoms with Crippen molar-refractivity contribution in [1.82, 2.24) is 19.8 Å². The summed E-state index contributed by atoms with van der Waals surface area (Å²) in [5, 5.41) is 3.09. The molecule has 0 bridgehead atoms. The Labute approximate surface area is 138 Å². The van der Waals surface area contributed by atoms with Crippen LogP contribution in [0.3, 0.4) is 0 Å². The molecule has 2 amide bonds. The van der Waals surface area contributed by atoms with Crippen LogP contribution in [0.2, 0.25) is 0 Å². The molecule has 1 N–H and O–H groups in total. The van der Waals surface area contributed by atoms with Gasteiger partial charge in [-0.1, -0.05) is 12.2 Å². The van der Waals surface area contributed by atoms with Crippen LogP contribution in [-0.4, -0.2) is 40.1 Å². The molecular formula is C18H28N4O. The molecular weight excluding hydrogens is 288 g/mol. The van der Waals surface area contributed by atoms with Crippen LogP contribution in [0.15, 0.2) is 24.5 Å². The van der Waals surface area contributed by atoms with E-state index in [1.54, 1.807) is 0 Å². The van der Waals surface area contributed by atoms with E-state index in [0.717, 1.165) is 51.3 Å². The van der Waals surface area contributed by atoms with Gasteiger partial charge in [-0.2, -0.15) is 0 Å². The van der Waals surface area contributed by atoms with Crippen LogP contribution in [0.5, 0.6) is 0 Å². The number of likely N-dealkylation sites (tertiary alicyclic amines) is 1. The Morgan fingerprint density at radius 3 is 3.04 bits per heavy atom. The fraction of sp³-hybridized carbons (Fsp3) is 0.667. The molecule has 2 aliphatic rings. The van der Waals surface area contributed by atoms with Crippen molar-refractivity contribution in [3.63, 3.8) is 0 Å². The van der Waals surface area contributed by atoms with Gasteiger partial charge in [0, 0.05) is 38.6 Å². The fourth-order valence-electron chi connectivity index (χ4n) is 3.89. The molecule has 23 heavy (non-hydrogen) atoms. The molecule has 1 aliphatic heterocycles. The molecule has 1 aliphatic carbocycles. The zero-order valence-corrected chi connectivity index (χ0v) is 14.1.